The van der Waals surface area contributed by atoms with Crippen molar-refractivity contribution in [1.29, 1.82) is 0 Å². The van der Waals surface area contributed by atoms with Crippen LogP contribution < -0.4 is 10.1 Å². The summed E-state index contributed by atoms with van der Waals surface area (Å²) in [6.07, 6.45) is 2.08. The molecule has 5 rings (SSSR count). The Balaban J connectivity index is 1.26. The van der Waals surface area contributed by atoms with Crippen LogP contribution in [0.15, 0.2) is 36.4 Å². The van der Waals surface area contributed by atoms with Crippen LogP contribution >= 0.6 is 11.6 Å². The van der Waals surface area contributed by atoms with E-state index < -0.39 is 17.5 Å². The second kappa shape index (κ2) is 7.06. The molecule has 2 aromatic rings. The summed E-state index contributed by atoms with van der Waals surface area (Å²) in [5.74, 6) is -2.65. The van der Waals surface area contributed by atoms with Crippen LogP contribution in [0.5, 0.6) is 5.75 Å². The Morgan fingerprint density at radius 3 is 2.31 bits per heavy atom. The Morgan fingerprint density at radius 2 is 1.69 bits per heavy atom. The first-order chi connectivity index (χ1) is 13.7. The third-order valence-electron chi connectivity index (χ3n) is 5.53. The Labute approximate surface area is 170 Å². The van der Waals surface area contributed by atoms with E-state index in [1.54, 1.807) is 0 Å². The zero-order valence-corrected chi connectivity index (χ0v) is 16.0. The molecular formula is C21H17ClF3NO3. The lowest BCUT2D eigenvalue weighted by Crippen LogP contribution is -2.75. The largest absolute Gasteiger partial charge is 0.484 e. The van der Waals surface area contributed by atoms with Crippen LogP contribution in [0.3, 0.4) is 0 Å². The van der Waals surface area contributed by atoms with Crippen molar-refractivity contribution in [2.24, 2.45) is 5.41 Å². The molecule has 3 saturated carbocycles. The van der Waals surface area contributed by atoms with Crippen LogP contribution in [-0.2, 0) is 4.79 Å². The Bertz CT molecular complexity index is 971. The molecule has 8 heteroatoms. The second-order valence-electron chi connectivity index (χ2n) is 7.98. The first-order valence-electron chi connectivity index (χ1n) is 9.06. The number of hydrogen-bond donors (Lipinski definition) is 1. The van der Waals surface area contributed by atoms with Gasteiger partial charge in [-0.25, -0.2) is 13.2 Å². The van der Waals surface area contributed by atoms with Gasteiger partial charge in [0.25, 0.3) is 5.91 Å². The van der Waals surface area contributed by atoms with Crippen molar-refractivity contribution < 1.29 is 27.5 Å². The fourth-order valence-electron chi connectivity index (χ4n) is 4.52. The minimum Gasteiger partial charge on any atom is -0.484 e. The molecule has 1 amide bonds. The zero-order chi connectivity index (χ0) is 20.8. The summed E-state index contributed by atoms with van der Waals surface area (Å²) >= 11 is 5.59. The third-order valence-corrected chi connectivity index (χ3v) is 5.83. The summed E-state index contributed by atoms with van der Waals surface area (Å²) in [5, 5.41) is 2.86. The van der Waals surface area contributed by atoms with Crippen molar-refractivity contribution >= 4 is 23.3 Å². The molecular weight excluding hydrogens is 407 g/mol. The first-order valence-corrected chi connectivity index (χ1v) is 9.44. The number of benzene rings is 2. The third kappa shape index (κ3) is 3.96. The number of ether oxygens (including phenoxy) is 1. The number of hydrogen-bond acceptors (Lipinski definition) is 3. The average molecular weight is 424 g/mol. The number of nitrogens with one attached hydrogen (secondary N) is 1. The van der Waals surface area contributed by atoms with Crippen molar-refractivity contribution in [1.82, 2.24) is 5.32 Å². The number of carbonyl (C=O) groups excluding carboxylic acids is 2. The Morgan fingerprint density at radius 1 is 1.03 bits per heavy atom. The van der Waals surface area contributed by atoms with Crippen LogP contribution in [0.1, 0.15) is 36.0 Å². The molecule has 2 aromatic carbocycles. The number of carbonyl (C=O) groups is 2. The van der Waals surface area contributed by atoms with Gasteiger partial charge in [0.05, 0.1) is 5.02 Å². The SMILES string of the molecule is O=C(COc1ccc(Cl)c(F)c1)NC12CC(CC(=O)c3cc(F)cc(F)c3)(C1)C2. The molecule has 0 unspecified atom stereocenters. The summed E-state index contributed by atoms with van der Waals surface area (Å²) in [5.41, 5.74) is -0.569. The van der Waals surface area contributed by atoms with E-state index in [0.717, 1.165) is 24.3 Å². The summed E-state index contributed by atoms with van der Waals surface area (Å²) < 4.78 is 45.2. The number of ketones is 1. The molecule has 4 nitrogen and oxygen atoms in total. The van der Waals surface area contributed by atoms with Crippen LogP contribution in [0.4, 0.5) is 13.2 Å². The van der Waals surface area contributed by atoms with Gasteiger partial charge < -0.3 is 10.1 Å². The van der Waals surface area contributed by atoms with E-state index in [9.17, 15) is 22.8 Å². The highest BCUT2D eigenvalue weighted by atomic mass is 35.5. The van der Waals surface area contributed by atoms with Crippen molar-refractivity contribution in [3.63, 3.8) is 0 Å². The lowest BCUT2D eigenvalue weighted by atomic mass is 9.38. The number of amides is 1. The van der Waals surface area contributed by atoms with Crippen LogP contribution in [0.25, 0.3) is 0 Å². The van der Waals surface area contributed by atoms with Crippen LogP contribution in [-0.4, -0.2) is 23.8 Å². The van der Waals surface area contributed by atoms with Crippen LogP contribution in [0, 0.1) is 22.9 Å². The summed E-state index contributed by atoms with van der Waals surface area (Å²) in [7, 11) is 0. The Hall–Kier alpha value is -2.54. The molecule has 0 aliphatic heterocycles. The summed E-state index contributed by atoms with van der Waals surface area (Å²) in [6, 6.07) is 6.71. The quantitative estimate of drug-likeness (QED) is 0.669. The monoisotopic (exact) mass is 423 g/mol. The van der Waals surface area contributed by atoms with Crippen molar-refractivity contribution in [2.45, 2.75) is 31.2 Å². The maximum Gasteiger partial charge on any atom is 0.258 e. The fourth-order valence-corrected chi connectivity index (χ4v) is 4.64. The van der Waals surface area contributed by atoms with E-state index in [2.05, 4.69) is 5.32 Å². The number of halogens is 4. The van der Waals surface area contributed by atoms with E-state index in [-0.39, 0.29) is 52.0 Å². The first kappa shape index (κ1) is 19.8. The molecule has 3 aliphatic rings. The molecule has 29 heavy (non-hydrogen) atoms. The van der Waals surface area contributed by atoms with E-state index in [4.69, 9.17) is 16.3 Å². The van der Waals surface area contributed by atoms with Gasteiger partial charge in [-0.2, -0.15) is 0 Å². The number of Topliss-reactive ketones (excluding diaryl/α,β-unsaturated/α-hetero) is 1. The molecule has 0 heterocycles. The van der Waals surface area contributed by atoms with E-state index in [1.165, 1.54) is 12.1 Å². The van der Waals surface area contributed by atoms with E-state index >= 15 is 0 Å². The van der Waals surface area contributed by atoms with Crippen molar-refractivity contribution in [3.05, 3.63) is 64.4 Å². The standard InChI is InChI=1S/C21H17ClF3NO3/c22-16-2-1-15(6-17(16)25)29-8-19(28)26-21-9-20(10-21,11-21)7-18(27)12-3-13(23)5-14(24)4-12/h1-6H,7-11H2,(H,26,28). The van der Waals surface area contributed by atoms with Gasteiger partial charge >= 0.3 is 0 Å². The predicted octanol–water partition coefficient (Wildman–Crippen LogP) is 4.45. The topological polar surface area (TPSA) is 55.4 Å². The lowest BCUT2D eigenvalue weighted by molar-refractivity contribution is -0.164. The van der Waals surface area contributed by atoms with Gasteiger partial charge in [-0.1, -0.05) is 11.6 Å². The molecule has 1 N–H and O–H groups in total. The summed E-state index contributed by atoms with van der Waals surface area (Å²) in [6.45, 7) is -0.267. The van der Waals surface area contributed by atoms with Gasteiger partial charge in [-0.05, 0) is 48.9 Å². The van der Waals surface area contributed by atoms with Gasteiger partial charge in [0, 0.05) is 29.7 Å². The highest BCUT2D eigenvalue weighted by Gasteiger charge is 2.68. The van der Waals surface area contributed by atoms with Gasteiger partial charge in [-0.3, -0.25) is 9.59 Å². The maximum absolute atomic E-state index is 13.4. The molecule has 0 saturated heterocycles. The van der Waals surface area contributed by atoms with Gasteiger partial charge in [-0.15, -0.1) is 0 Å². The highest BCUT2D eigenvalue weighted by molar-refractivity contribution is 6.30. The fraction of sp³-hybridized carbons (Fsp3) is 0.333. The molecule has 2 bridgehead atoms. The van der Waals surface area contributed by atoms with E-state index in [0.29, 0.717) is 19.3 Å². The normalized spacial score (nSPS) is 24.3. The second-order valence-corrected chi connectivity index (χ2v) is 8.39. The average Bonchev–Trinajstić information content (AvgIpc) is 2.59. The Kier molecular flexibility index (Phi) is 4.81. The molecule has 0 radical (unpaired) electrons. The van der Waals surface area contributed by atoms with Crippen molar-refractivity contribution in [2.75, 3.05) is 6.61 Å². The molecule has 0 atom stereocenters. The van der Waals surface area contributed by atoms with Gasteiger partial charge in [0.15, 0.2) is 12.4 Å². The molecule has 3 fully saturated rings. The molecule has 0 aromatic heterocycles. The molecule has 152 valence electrons. The van der Waals surface area contributed by atoms with E-state index in [1.807, 2.05) is 0 Å². The number of rotatable bonds is 7. The highest BCUT2D eigenvalue weighted by Crippen LogP contribution is 2.69. The molecule has 0 spiro atoms. The van der Waals surface area contributed by atoms with Gasteiger partial charge in [0.2, 0.25) is 0 Å². The molecule has 3 aliphatic carbocycles. The smallest absolute Gasteiger partial charge is 0.258 e. The van der Waals surface area contributed by atoms with Crippen LogP contribution in [0.2, 0.25) is 5.02 Å². The maximum atomic E-state index is 13.4. The van der Waals surface area contributed by atoms with Crippen molar-refractivity contribution in [3.8, 4) is 5.75 Å². The minimum absolute atomic E-state index is 0.0221. The predicted molar refractivity (Wildman–Crippen MR) is 99.4 cm³/mol. The minimum atomic E-state index is -0.782. The zero-order valence-electron chi connectivity index (χ0n) is 15.2. The van der Waals surface area contributed by atoms with Gasteiger partial charge in [0.1, 0.15) is 23.2 Å². The lowest BCUT2D eigenvalue weighted by Gasteiger charge is -2.70. The summed E-state index contributed by atoms with van der Waals surface area (Å²) in [4.78, 5) is 24.5.